The topological polar surface area (TPSA) is 69.6 Å². The van der Waals surface area contributed by atoms with Crippen LogP contribution in [0.25, 0.3) is 33.9 Å². The lowest BCUT2D eigenvalue weighted by Crippen LogP contribution is -2.02. The van der Waals surface area contributed by atoms with E-state index in [4.69, 9.17) is 4.52 Å². The quantitative estimate of drug-likeness (QED) is 0.570. The van der Waals surface area contributed by atoms with Gasteiger partial charge in [0.05, 0.1) is 5.52 Å². The minimum atomic E-state index is 0.263. The van der Waals surface area contributed by atoms with Crippen molar-refractivity contribution >= 4 is 11.0 Å². The number of hydrogen-bond donors (Lipinski definition) is 0. The molecule has 2 aromatic heterocycles. The second-order valence-corrected chi connectivity index (χ2v) is 6.12. The molecule has 6 nitrogen and oxygen atoms in total. The van der Waals surface area contributed by atoms with Crippen molar-refractivity contribution in [2.45, 2.75) is 26.8 Å². The molecule has 0 N–H and O–H groups in total. The molecule has 4 rings (SSSR count). The van der Waals surface area contributed by atoms with Gasteiger partial charge in [-0.25, -0.2) is 4.68 Å². The molecule has 0 amide bonds. The fourth-order valence-electron chi connectivity index (χ4n) is 2.70. The second kappa shape index (κ2) is 5.56. The Kier molecular flexibility index (Phi) is 3.37. The first-order chi connectivity index (χ1) is 11.6. The van der Waals surface area contributed by atoms with Crippen LogP contribution in [0, 0.1) is 6.92 Å². The maximum absolute atomic E-state index is 5.41. The fourth-order valence-corrected chi connectivity index (χ4v) is 2.70. The Bertz CT molecular complexity index is 1020. The molecule has 0 aliphatic rings. The largest absolute Gasteiger partial charge is 0.334 e. The van der Waals surface area contributed by atoms with Crippen molar-refractivity contribution < 1.29 is 4.52 Å². The number of rotatable bonds is 3. The van der Waals surface area contributed by atoms with E-state index < -0.39 is 0 Å². The number of hydrogen-bond acceptors (Lipinski definition) is 5. The summed E-state index contributed by atoms with van der Waals surface area (Å²) in [6, 6.07) is 14.2. The van der Waals surface area contributed by atoms with Crippen molar-refractivity contribution in [2.24, 2.45) is 0 Å². The first-order valence-electron chi connectivity index (χ1n) is 7.88. The summed E-state index contributed by atoms with van der Waals surface area (Å²) < 4.78 is 7.31. The Morgan fingerprint density at radius 1 is 1.04 bits per heavy atom. The van der Waals surface area contributed by atoms with Crippen LogP contribution in [-0.2, 0) is 0 Å². The molecule has 0 radical (unpaired) electrons. The Hall–Kier alpha value is -3.02. The Balaban J connectivity index is 1.73. The van der Waals surface area contributed by atoms with Gasteiger partial charge < -0.3 is 4.52 Å². The van der Waals surface area contributed by atoms with E-state index in [-0.39, 0.29) is 6.04 Å². The van der Waals surface area contributed by atoms with Gasteiger partial charge in [-0.1, -0.05) is 28.1 Å². The SMILES string of the molecule is Cc1cccc(-c2nc(-c3ccc4c(c3)nnn4C(C)C)no2)c1. The highest BCUT2D eigenvalue weighted by Gasteiger charge is 2.13. The van der Waals surface area contributed by atoms with E-state index in [2.05, 4.69) is 34.3 Å². The zero-order chi connectivity index (χ0) is 16.7. The highest BCUT2D eigenvalue weighted by molar-refractivity contribution is 5.80. The van der Waals surface area contributed by atoms with E-state index >= 15 is 0 Å². The van der Waals surface area contributed by atoms with E-state index in [0.717, 1.165) is 27.7 Å². The minimum absolute atomic E-state index is 0.263. The number of aryl methyl sites for hydroxylation is 1. The van der Waals surface area contributed by atoms with E-state index in [1.54, 1.807) is 0 Å². The average molecular weight is 319 g/mol. The third-order valence-electron chi connectivity index (χ3n) is 3.91. The molecule has 0 unspecified atom stereocenters. The molecule has 2 aromatic carbocycles. The minimum Gasteiger partial charge on any atom is -0.334 e. The molecule has 24 heavy (non-hydrogen) atoms. The Morgan fingerprint density at radius 2 is 1.92 bits per heavy atom. The van der Waals surface area contributed by atoms with Gasteiger partial charge in [0.2, 0.25) is 5.82 Å². The van der Waals surface area contributed by atoms with Gasteiger partial charge in [0.25, 0.3) is 5.89 Å². The van der Waals surface area contributed by atoms with E-state index in [1.807, 2.05) is 54.1 Å². The summed E-state index contributed by atoms with van der Waals surface area (Å²) in [6.07, 6.45) is 0. The molecule has 0 spiro atoms. The van der Waals surface area contributed by atoms with Crippen LogP contribution in [0.1, 0.15) is 25.5 Å². The zero-order valence-electron chi connectivity index (χ0n) is 13.8. The normalized spacial score (nSPS) is 11.5. The van der Waals surface area contributed by atoms with Gasteiger partial charge in [-0.15, -0.1) is 5.10 Å². The van der Waals surface area contributed by atoms with E-state index in [9.17, 15) is 0 Å². The number of nitrogens with zero attached hydrogens (tertiary/aromatic N) is 5. The average Bonchev–Trinajstić information content (AvgIpc) is 3.21. The summed E-state index contributed by atoms with van der Waals surface area (Å²) in [5.74, 6) is 1.06. The highest BCUT2D eigenvalue weighted by atomic mass is 16.5. The van der Waals surface area contributed by atoms with Crippen molar-refractivity contribution in [1.82, 2.24) is 25.1 Å². The van der Waals surface area contributed by atoms with Gasteiger partial charge >= 0.3 is 0 Å². The molecular weight excluding hydrogens is 302 g/mol. The molecule has 0 bridgehead atoms. The summed E-state index contributed by atoms with van der Waals surface area (Å²) in [6.45, 7) is 6.19. The molecule has 6 heteroatoms. The van der Waals surface area contributed by atoms with Crippen LogP contribution in [0.2, 0.25) is 0 Å². The summed E-state index contributed by atoms with van der Waals surface area (Å²) in [5, 5.41) is 12.5. The predicted molar refractivity (Wildman–Crippen MR) is 91.4 cm³/mol. The van der Waals surface area contributed by atoms with Gasteiger partial charge in [-0.2, -0.15) is 4.98 Å². The molecule has 2 heterocycles. The van der Waals surface area contributed by atoms with Crippen LogP contribution in [0.4, 0.5) is 0 Å². The smallest absolute Gasteiger partial charge is 0.258 e. The molecule has 0 saturated carbocycles. The van der Waals surface area contributed by atoms with Gasteiger partial charge in [-0.05, 0) is 51.1 Å². The fraction of sp³-hybridized carbons (Fsp3) is 0.222. The van der Waals surface area contributed by atoms with Gasteiger partial charge in [0.1, 0.15) is 5.52 Å². The van der Waals surface area contributed by atoms with Crippen molar-refractivity contribution in [1.29, 1.82) is 0 Å². The van der Waals surface area contributed by atoms with Crippen LogP contribution in [-0.4, -0.2) is 25.1 Å². The molecule has 0 aliphatic heterocycles. The van der Waals surface area contributed by atoms with Gasteiger partial charge in [0, 0.05) is 17.2 Å². The van der Waals surface area contributed by atoms with Crippen molar-refractivity contribution in [3.05, 3.63) is 48.0 Å². The monoisotopic (exact) mass is 319 g/mol. The third kappa shape index (κ3) is 2.46. The van der Waals surface area contributed by atoms with Gasteiger partial charge in [0.15, 0.2) is 0 Å². The number of benzene rings is 2. The Labute approximate surface area is 139 Å². The standard InChI is InChI=1S/C18H17N5O/c1-11(2)23-16-8-7-13(10-15(16)20-22-23)17-19-18(24-21-17)14-6-4-5-12(3)9-14/h4-11H,1-3H3. The first kappa shape index (κ1) is 14.6. The summed E-state index contributed by atoms with van der Waals surface area (Å²) in [5.41, 5.74) is 4.75. The lowest BCUT2D eigenvalue weighted by atomic mass is 10.1. The van der Waals surface area contributed by atoms with E-state index in [1.165, 1.54) is 0 Å². The maximum Gasteiger partial charge on any atom is 0.258 e. The second-order valence-electron chi connectivity index (χ2n) is 6.12. The Morgan fingerprint density at radius 3 is 2.71 bits per heavy atom. The molecule has 0 aliphatic carbocycles. The maximum atomic E-state index is 5.41. The summed E-state index contributed by atoms with van der Waals surface area (Å²) in [7, 11) is 0. The molecule has 0 atom stereocenters. The molecule has 0 fully saturated rings. The van der Waals surface area contributed by atoms with Crippen LogP contribution >= 0.6 is 0 Å². The molecule has 4 aromatic rings. The number of aromatic nitrogens is 5. The molecule has 120 valence electrons. The van der Waals surface area contributed by atoms with Crippen molar-refractivity contribution in [2.75, 3.05) is 0 Å². The van der Waals surface area contributed by atoms with E-state index in [0.29, 0.717) is 11.7 Å². The van der Waals surface area contributed by atoms with Crippen LogP contribution in [0.15, 0.2) is 47.0 Å². The zero-order valence-corrected chi connectivity index (χ0v) is 13.8. The van der Waals surface area contributed by atoms with Crippen LogP contribution < -0.4 is 0 Å². The van der Waals surface area contributed by atoms with Crippen LogP contribution in [0.3, 0.4) is 0 Å². The lowest BCUT2D eigenvalue weighted by Gasteiger charge is -2.04. The van der Waals surface area contributed by atoms with Crippen molar-refractivity contribution in [3.8, 4) is 22.8 Å². The first-order valence-corrected chi connectivity index (χ1v) is 7.88. The van der Waals surface area contributed by atoms with Crippen LogP contribution in [0.5, 0.6) is 0 Å². The third-order valence-corrected chi connectivity index (χ3v) is 3.91. The highest BCUT2D eigenvalue weighted by Crippen LogP contribution is 2.25. The summed E-state index contributed by atoms with van der Waals surface area (Å²) in [4.78, 5) is 4.51. The number of fused-ring (bicyclic) bond motifs is 1. The molecular formula is C18H17N5O. The lowest BCUT2D eigenvalue weighted by molar-refractivity contribution is 0.432. The summed E-state index contributed by atoms with van der Waals surface area (Å²) >= 11 is 0. The predicted octanol–water partition coefficient (Wildman–Crippen LogP) is 4.04. The van der Waals surface area contributed by atoms with Gasteiger partial charge in [-0.3, -0.25) is 0 Å². The molecule has 0 saturated heterocycles. The van der Waals surface area contributed by atoms with Crippen molar-refractivity contribution in [3.63, 3.8) is 0 Å².